The number of sulfone groups is 1. The van der Waals surface area contributed by atoms with Crippen molar-refractivity contribution in [3.8, 4) is 5.75 Å². The van der Waals surface area contributed by atoms with Crippen molar-refractivity contribution < 1.29 is 17.9 Å². The fourth-order valence-corrected chi connectivity index (χ4v) is 2.67. The maximum absolute atomic E-state index is 11.2. The van der Waals surface area contributed by atoms with E-state index in [2.05, 4.69) is 15.6 Å². The highest BCUT2D eigenvalue weighted by Gasteiger charge is 2.03. The highest BCUT2D eigenvalue weighted by Crippen LogP contribution is 2.17. The van der Waals surface area contributed by atoms with Crippen LogP contribution in [0.5, 0.6) is 5.75 Å². The van der Waals surface area contributed by atoms with E-state index in [1.165, 1.54) is 6.26 Å². The van der Waals surface area contributed by atoms with Crippen molar-refractivity contribution in [2.24, 2.45) is 4.99 Å². The lowest BCUT2D eigenvalue weighted by Crippen LogP contribution is -2.30. The summed E-state index contributed by atoms with van der Waals surface area (Å²) in [4.78, 5) is 4.40. The summed E-state index contributed by atoms with van der Waals surface area (Å²) >= 11 is 0. The molecule has 1 rings (SSSR count). The van der Waals surface area contributed by atoms with Crippen molar-refractivity contribution in [3.63, 3.8) is 0 Å². The fourth-order valence-electron chi connectivity index (χ4n) is 2.02. The molecule has 0 radical (unpaired) electrons. The molecular weight excluding hydrogens is 469 g/mol. The third kappa shape index (κ3) is 12.3. The molecule has 1 aromatic rings. The van der Waals surface area contributed by atoms with Crippen molar-refractivity contribution in [2.75, 3.05) is 50.7 Å². The summed E-state index contributed by atoms with van der Waals surface area (Å²) in [6.45, 7) is 4.39. The first kappa shape index (κ1) is 24.9. The van der Waals surface area contributed by atoms with Gasteiger partial charge in [0.2, 0.25) is 0 Å². The Morgan fingerprint density at radius 1 is 1.23 bits per heavy atom. The highest BCUT2D eigenvalue weighted by atomic mass is 127. The van der Waals surface area contributed by atoms with E-state index >= 15 is 0 Å². The van der Waals surface area contributed by atoms with Crippen LogP contribution in [0.1, 0.15) is 19.8 Å². The van der Waals surface area contributed by atoms with Gasteiger partial charge >= 0.3 is 0 Å². The Hall–Kier alpha value is -1.07. The number of hydrogen-bond acceptors (Lipinski definition) is 5. The van der Waals surface area contributed by atoms with E-state index in [-0.39, 0.29) is 29.7 Å². The third-order valence-corrected chi connectivity index (χ3v) is 4.18. The van der Waals surface area contributed by atoms with Gasteiger partial charge in [-0.05, 0) is 25.5 Å². The van der Waals surface area contributed by atoms with Crippen LogP contribution in [0, 0.1) is 0 Å². The highest BCUT2D eigenvalue weighted by molar-refractivity contribution is 14.0. The molecule has 0 fully saturated rings. The zero-order chi connectivity index (χ0) is 18.5. The van der Waals surface area contributed by atoms with Gasteiger partial charge < -0.3 is 20.1 Å². The van der Waals surface area contributed by atoms with Gasteiger partial charge in [0, 0.05) is 51.2 Å². The molecule has 0 bridgehead atoms. The Bertz CT molecular complexity index is 639. The standard InChI is InChI=1S/C17H29N3O4S.HI/c1-4-18-17(19-10-6-13-25(3,21)22)20-15-8-5-9-16(14-15)24-12-7-11-23-2;/h5,8-9,14H,4,6-7,10-13H2,1-3H3,(H2,18,19,20);1H. The summed E-state index contributed by atoms with van der Waals surface area (Å²) in [7, 11) is -1.28. The smallest absolute Gasteiger partial charge is 0.195 e. The maximum Gasteiger partial charge on any atom is 0.195 e. The largest absolute Gasteiger partial charge is 0.493 e. The molecule has 0 heterocycles. The van der Waals surface area contributed by atoms with Gasteiger partial charge in [0.15, 0.2) is 5.96 Å². The summed E-state index contributed by atoms with van der Waals surface area (Å²) in [5, 5.41) is 6.34. The molecule has 0 aliphatic rings. The second kappa shape index (κ2) is 14.0. The minimum Gasteiger partial charge on any atom is -0.493 e. The SMILES string of the molecule is CCNC(=NCCCS(C)(=O)=O)Nc1cccc(OCCCOC)c1.I. The van der Waals surface area contributed by atoms with Gasteiger partial charge in [-0.1, -0.05) is 6.07 Å². The van der Waals surface area contributed by atoms with Crippen LogP contribution in [-0.4, -0.2) is 59.8 Å². The molecule has 0 spiro atoms. The molecule has 7 nitrogen and oxygen atoms in total. The van der Waals surface area contributed by atoms with Gasteiger partial charge in [-0.3, -0.25) is 4.99 Å². The fraction of sp³-hybridized carbons (Fsp3) is 0.588. The topological polar surface area (TPSA) is 89.0 Å². The Kier molecular flexibility index (Phi) is 13.5. The maximum atomic E-state index is 11.2. The first-order valence-electron chi connectivity index (χ1n) is 8.39. The van der Waals surface area contributed by atoms with Crippen molar-refractivity contribution in [2.45, 2.75) is 19.8 Å². The van der Waals surface area contributed by atoms with Crippen LogP contribution in [0.2, 0.25) is 0 Å². The Labute approximate surface area is 173 Å². The average Bonchev–Trinajstić information content (AvgIpc) is 2.55. The number of nitrogens with one attached hydrogen (secondary N) is 2. The normalized spacial score (nSPS) is 11.6. The summed E-state index contributed by atoms with van der Waals surface area (Å²) in [5.41, 5.74) is 0.854. The lowest BCUT2D eigenvalue weighted by Gasteiger charge is -2.13. The van der Waals surface area contributed by atoms with Crippen molar-refractivity contribution in [1.82, 2.24) is 5.32 Å². The molecule has 0 saturated carbocycles. The molecule has 9 heteroatoms. The molecule has 0 aliphatic carbocycles. The molecule has 0 aromatic heterocycles. The van der Waals surface area contributed by atoms with Gasteiger partial charge in [-0.2, -0.15) is 0 Å². The number of hydrogen-bond donors (Lipinski definition) is 2. The van der Waals surface area contributed by atoms with Crippen LogP contribution in [0.4, 0.5) is 5.69 Å². The minimum absolute atomic E-state index is 0. The number of benzene rings is 1. The van der Waals surface area contributed by atoms with Crippen LogP contribution < -0.4 is 15.4 Å². The van der Waals surface area contributed by atoms with E-state index in [9.17, 15) is 8.42 Å². The molecule has 0 saturated heterocycles. The quantitative estimate of drug-likeness (QED) is 0.211. The summed E-state index contributed by atoms with van der Waals surface area (Å²) in [6, 6.07) is 7.62. The third-order valence-electron chi connectivity index (χ3n) is 3.15. The van der Waals surface area contributed by atoms with Gasteiger partial charge in [0.1, 0.15) is 15.6 Å². The second-order valence-corrected chi connectivity index (χ2v) is 7.85. The average molecular weight is 499 g/mol. The number of anilines is 1. The van der Waals surface area contributed by atoms with Crippen molar-refractivity contribution >= 4 is 45.5 Å². The van der Waals surface area contributed by atoms with Gasteiger partial charge in [0.25, 0.3) is 0 Å². The number of ether oxygens (including phenoxy) is 2. The van der Waals surface area contributed by atoms with Gasteiger partial charge in [-0.15, -0.1) is 24.0 Å². The monoisotopic (exact) mass is 499 g/mol. The van der Waals surface area contributed by atoms with Crippen LogP contribution in [-0.2, 0) is 14.6 Å². The second-order valence-electron chi connectivity index (χ2n) is 5.59. The summed E-state index contributed by atoms with van der Waals surface area (Å²) < 4.78 is 33.0. The van der Waals surface area contributed by atoms with Gasteiger partial charge in [-0.25, -0.2) is 8.42 Å². The molecular formula is C17H30IN3O4S. The zero-order valence-corrected chi connectivity index (χ0v) is 18.8. The lowest BCUT2D eigenvalue weighted by molar-refractivity contribution is 0.172. The molecule has 0 amide bonds. The molecule has 1 aromatic carbocycles. The summed E-state index contributed by atoms with van der Waals surface area (Å²) in [6.07, 6.45) is 2.56. The number of nitrogens with zero attached hydrogens (tertiary/aromatic N) is 1. The van der Waals surface area contributed by atoms with E-state index in [1.54, 1.807) is 7.11 Å². The van der Waals surface area contributed by atoms with Gasteiger partial charge in [0.05, 0.1) is 12.4 Å². The first-order chi connectivity index (χ1) is 11.9. The molecule has 0 unspecified atom stereocenters. The van der Waals surface area contributed by atoms with E-state index in [0.29, 0.717) is 38.7 Å². The number of rotatable bonds is 11. The zero-order valence-electron chi connectivity index (χ0n) is 15.7. The molecule has 150 valence electrons. The predicted octanol–water partition coefficient (Wildman–Crippen LogP) is 2.53. The van der Waals surface area contributed by atoms with E-state index in [0.717, 1.165) is 17.9 Å². The number of halogens is 1. The number of methoxy groups -OCH3 is 1. The molecule has 26 heavy (non-hydrogen) atoms. The lowest BCUT2D eigenvalue weighted by atomic mass is 10.3. The molecule has 0 atom stereocenters. The van der Waals surface area contributed by atoms with E-state index in [4.69, 9.17) is 9.47 Å². The minimum atomic E-state index is -2.95. The molecule has 2 N–H and O–H groups in total. The van der Waals surface area contributed by atoms with Crippen LogP contribution in [0.3, 0.4) is 0 Å². The van der Waals surface area contributed by atoms with E-state index < -0.39 is 9.84 Å². The Morgan fingerprint density at radius 3 is 2.65 bits per heavy atom. The van der Waals surface area contributed by atoms with Crippen molar-refractivity contribution in [3.05, 3.63) is 24.3 Å². The number of guanidine groups is 1. The van der Waals surface area contributed by atoms with Crippen LogP contribution in [0.15, 0.2) is 29.3 Å². The van der Waals surface area contributed by atoms with Crippen LogP contribution in [0.25, 0.3) is 0 Å². The summed E-state index contributed by atoms with van der Waals surface area (Å²) in [5.74, 6) is 1.53. The first-order valence-corrected chi connectivity index (χ1v) is 10.5. The Balaban J connectivity index is 0.00000625. The Morgan fingerprint density at radius 2 is 2.00 bits per heavy atom. The van der Waals surface area contributed by atoms with E-state index in [1.807, 2.05) is 31.2 Å². The predicted molar refractivity (Wildman–Crippen MR) is 118 cm³/mol. The molecule has 0 aliphatic heterocycles. The van der Waals surface area contributed by atoms with Crippen LogP contribution >= 0.6 is 24.0 Å². The number of aliphatic imine (C=N–C) groups is 1. The van der Waals surface area contributed by atoms with Crippen molar-refractivity contribution in [1.29, 1.82) is 0 Å².